The van der Waals surface area contributed by atoms with Crippen LogP contribution < -0.4 is 11.1 Å². The molecule has 1 rings (SSSR count). The van der Waals surface area contributed by atoms with Crippen LogP contribution in [0.2, 0.25) is 0 Å². The number of aryl methyl sites for hydroxylation is 1. The fourth-order valence-electron chi connectivity index (χ4n) is 1.25. The summed E-state index contributed by atoms with van der Waals surface area (Å²) in [7, 11) is 0. The first-order valence-electron chi connectivity index (χ1n) is 5.42. The van der Waals surface area contributed by atoms with Crippen LogP contribution >= 0.6 is 0 Å². The number of amides is 1. The second-order valence-corrected chi connectivity index (χ2v) is 3.74. The summed E-state index contributed by atoms with van der Waals surface area (Å²) in [6.07, 6.45) is 2.85. The Labute approximate surface area is 95.5 Å². The number of carbonyl (C=O) groups excluding carboxylic acids is 1. The molecule has 0 fully saturated rings. The summed E-state index contributed by atoms with van der Waals surface area (Å²) in [6, 6.07) is 1.72. The maximum atomic E-state index is 11.4. The molecule has 0 spiro atoms. The zero-order valence-corrected chi connectivity index (χ0v) is 9.73. The van der Waals surface area contributed by atoms with Gasteiger partial charge >= 0.3 is 0 Å². The van der Waals surface area contributed by atoms with Gasteiger partial charge in [0, 0.05) is 18.7 Å². The summed E-state index contributed by atoms with van der Waals surface area (Å²) in [6.45, 7) is 4.21. The maximum Gasteiger partial charge on any atom is 0.221 e. The molecule has 1 aromatic heterocycles. The monoisotopic (exact) mass is 222 g/mol. The van der Waals surface area contributed by atoms with Gasteiger partial charge in [0.25, 0.3) is 0 Å². The molecule has 0 saturated carbocycles. The highest BCUT2D eigenvalue weighted by atomic mass is 16.1. The van der Waals surface area contributed by atoms with Crippen molar-refractivity contribution in [1.29, 1.82) is 0 Å². The molecule has 1 aromatic rings. The number of rotatable bonds is 5. The number of nitrogens with zero attached hydrogens (tertiary/aromatic N) is 2. The van der Waals surface area contributed by atoms with Crippen molar-refractivity contribution in [3.05, 3.63) is 23.8 Å². The Morgan fingerprint density at radius 2 is 2.38 bits per heavy atom. The standard InChI is InChI=1S/C11H18N4O/c1-3-9(12)6-11(16)14-7-10-4-5-13-8(2)15-10/h4-5,9H,3,6-7,12H2,1-2H3,(H,14,16). The third-order valence-corrected chi connectivity index (χ3v) is 2.27. The van der Waals surface area contributed by atoms with Crippen LogP contribution in [-0.4, -0.2) is 21.9 Å². The number of hydrogen-bond donors (Lipinski definition) is 2. The molecule has 5 heteroatoms. The number of carbonyl (C=O) groups is 1. The van der Waals surface area contributed by atoms with Crippen molar-refractivity contribution < 1.29 is 4.79 Å². The van der Waals surface area contributed by atoms with Gasteiger partial charge in [0.05, 0.1) is 12.2 Å². The molecule has 0 aliphatic heterocycles. The van der Waals surface area contributed by atoms with Gasteiger partial charge in [-0.05, 0) is 19.4 Å². The highest BCUT2D eigenvalue weighted by Crippen LogP contribution is 1.96. The summed E-state index contributed by atoms with van der Waals surface area (Å²) < 4.78 is 0. The van der Waals surface area contributed by atoms with Crippen molar-refractivity contribution in [2.75, 3.05) is 0 Å². The summed E-state index contributed by atoms with van der Waals surface area (Å²) in [5.41, 5.74) is 6.49. The van der Waals surface area contributed by atoms with Crippen LogP contribution in [0.4, 0.5) is 0 Å². The van der Waals surface area contributed by atoms with E-state index in [0.29, 0.717) is 18.8 Å². The summed E-state index contributed by atoms with van der Waals surface area (Å²) >= 11 is 0. The Kier molecular flexibility index (Phi) is 4.85. The van der Waals surface area contributed by atoms with Crippen molar-refractivity contribution >= 4 is 5.91 Å². The van der Waals surface area contributed by atoms with E-state index in [1.807, 2.05) is 13.8 Å². The molecule has 1 unspecified atom stereocenters. The fraction of sp³-hybridized carbons (Fsp3) is 0.545. The van der Waals surface area contributed by atoms with Crippen LogP contribution in [0.3, 0.4) is 0 Å². The van der Waals surface area contributed by atoms with E-state index in [-0.39, 0.29) is 11.9 Å². The lowest BCUT2D eigenvalue weighted by Crippen LogP contribution is -2.31. The molecule has 0 aliphatic carbocycles. The highest BCUT2D eigenvalue weighted by Gasteiger charge is 2.07. The minimum atomic E-state index is -0.0628. The molecule has 1 atom stereocenters. The summed E-state index contributed by atoms with van der Waals surface area (Å²) in [5.74, 6) is 0.669. The van der Waals surface area contributed by atoms with Crippen LogP contribution in [0.5, 0.6) is 0 Å². The third-order valence-electron chi connectivity index (χ3n) is 2.27. The van der Waals surface area contributed by atoms with E-state index >= 15 is 0 Å². The highest BCUT2D eigenvalue weighted by molar-refractivity contribution is 5.76. The SMILES string of the molecule is CCC(N)CC(=O)NCc1ccnc(C)n1. The van der Waals surface area contributed by atoms with E-state index in [9.17, 15) is 4.79 Å². The Morgan fingerprint density at radius 3 is 3.00 bits per heavy atom. The first kappa shape index (κ1) is 12.6. The minimum absolute atomic E-state index is 0.0365. The Bertz CT molecular complexity index is 354. The normalized spacial score (nSPS) is 12.2. The first-order valence-corrected chi connectivity index (χ1v) is 5.42. The largest absolute Gasteiger partial charge is 0.350 e. The maximum absolute atomic E-state index is 11.4. The van der Waals surface area contributed by atoms with Gasteiger partial charge in [-0.15, -0.1) is 0 Å². The van der Waals surface area contributed by atoms with E-state index in [0.717, 1.165) is 12.1 Å². The molecule has 3 N–H and O–H groups in total. The zero-order chi connectivity index (χ0) is 12.0. The minimum Gasteiger partial charge on any atom is -0.350 e. The molecule has 16 heavy (non-hydrogen) atoms. The van der Waals surface area contributed by atoms with Gasteiger partial charge in [-0.3, -0.25) is 4.79 Å². The summed E-state index contributed by atoms with van der Waals surface area (Å²) in [4.78, 5) is 19.6. The van der Waals surface area contributed by atoms with Crippen molar-refractivity contribution in [2.24, 2.45) is 5.73 Å². The van der Waals surface area contributed by atoms with E-state index in [4.69, 9.17) is 5.73 Å². The van der Waals surface area contributed by atoms with E-state index in [1.54, 1.807) is 12.3 Å². The average molecular weight is 222 g/mol. The zero-order valence-electron chi connectivity index (χ0n) is 9.73. The van der Waals surface area contributed by atoms with Gasteiger partial charge in [0.1, 0.15) is 5.82 Å². The molecule has 0 saturated heterocycles. The van der Waals surface area contributed by atoms with E-state index in [2.05, 4.69) is 15.3 Å². The number of nitrogens with one attached hydrogen (secondary N) is 1. The second kappa shape index (κ2) is 6.17. The van der Waals surface area contributed by atoms with Crippen LogP contribution in [0.25, 0.3) is 0 Å². The topological polar surface area (TPSA) is 80.9 Å². The van der Waals surface area contributed by atoms with Gasteiger partial charge in [0.15, 0.2) is 0 Å². The van der Waals surface area contributed by atoms with Crippen LogP contribution in [0, 0.1) is 6.92 Å². The van der Waals surface area contributed by atoms with Crippen molar-refractivity contribution in [3.63, 3.8) is 0 Å². The second-order valence-electron chi connectivity index (χ2n) is 3.74. The van der Waals surface area contributed by atoms with E-state index in [1.165, 1.54) is 0 Å². The molecule has 88 valence electrons. The molecule has 1 heterocycles. The van der Waals surface area contributed by atoms with Gasteiger partial charge in [0.2, 0.25) is 5.91 Å². The lowest BCUT2D eigenvalue weighted by molar-refractivity contribution is -0.121. The van der Waals surface area contributed by atoms with Crippen LogP contribution in [0.1, 0.15) is 31.3 Å². The first-order chi connectivity index (χ1) is 7.61. The van der Waals surface area contributed by atoms with Gasteiger partial charge < -0.3 is 11.1 Å². The van der Waals surface area contributed by atoms with Gasteiger partial charge in [-0.25, -0.2) is 9.97 Å². The molecule has 0 aliphatic rings. The predicted octanol–water partition coefficient (Wildman–Crippen LogP) is 0.529. The average Bonchev–Trinajstić information content (AvgIpc) is 2.26. The molecular weight excluding hydrogens is 204 g/mol. The molecule has 5 nitrogen and oxygen atoms in total. The molecule has 0 radical (unpaired) electrons. The molecule has 1 amide bonds. The van der Waals surface area contributed by atoms with Crippen molar-refractivity contribution in [2.45, 2.75) is 39.3 Å². The number of nitrogens with two attached hydrogens (primary N) is 1. The fourth-order valence-corrected chi connectivity index (χ4v) is 1.25. The summed E-state index contributed by atoms with van der Waals surface area (Å²) in [5, 5.41) is 2.78. The van der Waals surface area contributed by atoms with Crippen molar-refractivity contribution in [3.8, 4) is 0 Å². The Hall–Kier alpha value is -1.49. The van der Waals surface area contributed by atoms with Gasteiger partial charge in [-0.2, -0.15) is 0 Å². The lowest BCUT2D eigenvalue weighted by Gasteiger charge is -2.09. The number of hydrogen-bond acceptors (Lipinski definition) is 4. The van der Waals surface area contributed by atoms with Gasteiger partial charge in [-0.1, -0.05) is 6.92 Å². The smallest absolute Gasteiger partial charge is 0.221 e. The molecule has 0 bridgehead atoms. The molecular formula is C11H18N4O. The third kappa shape index (κ3) is 4.35. The predicted molar refractivity (Wildman–Crippen MR) is 61.5 cm³/mol. The quantitative estimate of drug-likeness (QED) is 0.761. The van der Waals surface area contributed by atoms with Crippen molar-refractivity contribution in [1.82, 2.24) is 15.3 Å². The Balaban J connectivity index is 2.37. The van der Waals surface area contributed by atoms with Crippen LogP contribution in [-0.2, 0) is 11.3 Å². The van der Waals surface area contributed by atoms with Crippen LogP contribution in [0.15, 0.2) is 12.3 Å². The van der Waals surface area contributed by atoms with E-state index < -0.39 is 0 Å². The number of aromatic nitrogens is 2. The molecule has 0 aromatic carbocycles. The lowest BCUT2D eigenvalue weighted by atomic mass is 10.1. The Morgan fingerprint density at radius 1 is 1.62 bits per heavy atom.